The number of amides is 2. The molecule has 166 valence electrons. The van der Waals surface area contributed by atoms with Crippen molar-refractivity contribution in [1.29, 1.82) is 0 Å². The molecule has 31 heavy (non-hydrogen) atoms. The number of aromatic hydroxyl groups is 1. The SMILES string of the molecule is CN1CCNn2cc(C(=O)NCc3cccc(Cl)c3F)c(=O)c(O)c2C(=O)N(C)CC1. The molecule has 1 aromatic carbocycles. The average molecular weight is 452 g/mol. The second-order valence-electron chi connectivity index (χ2n) is 7.27. The summed E-state index contributed by atoms with van der Waals surface area (Å²) in [7, 11) is 3.46. The Hall–Kier alpha value is -3.11. The first-order valence-corrected chi connectivity index (χ1v) is 9.96. The lowest BCUT2D eigenvalue weighted by molar-refractivity contribution is 0.0764. The highest BCUT2D eigenvalue weighted by molar-refractivity contribution is 6.30. The molecule has 0 saturated heterocycles. The largest absolute Gasteiger partial charge is 0.502 e. The quantitative estimate of drug-likeness (QED) is 0.638. The minimum atomic E-state index is -0.993. The number of fused-ring (bicyclic) bond motifs is 1. The van der Waals surface area contributed by atoms with Crippen molar-refractivity contribution in [3.63, 3.8) is 0 Å². The highest BCUT2D eigenvalue weighted by Crippen LogP contribution is 2.18. The van der Waals surface area contributed by atoms with E-state index in [-0.39, 0.29) is 22.8 Å². The van der Waals surface area contributed by atoms with Crippen molar-refractivity contribution in [3.8, 4) is 5.75 Å². The molecule has 1 aliphatic rings. The van der Waals surface area contributed by atoms with Gasteiger partial charge < -0.3 is 25.6 Å². The van der Waals surface area contributed by atoms with Gasteiger partial charge in [-0.15, -0.1) is 0 Å². The van der Waals surface area contributed by atoms with E-state index < -0.39 is 34.4 Å². The zero-order chi connectivity index (χ0) is 22.7. The van der Waals surface area contributed by atoms with Crippen molar-refractivity contribution in [3.05, 3.63) is 62.3 Å². The third-order valence-corrected chi connectivity index (χ3v) is 5.33. The van der Waals surface area contributed by atoms with Gasteiger partial charge in [0.25, 0.3) is 11.8 Å². The van der Waals surface area contributed by atoms with Gasteiger partial charge in [0.1, 0.15) is 11.4 Å². The molecule has 3 rings (SSSR count). The Balaban J connectivity index is 1.93. The van der Waals surface area contributed by atoms with Crippen molar-refractivity contribution in [2.24, 2.45) is 0 Å². The van der Waals surface area contributed by atoms with Gasteiger partial charge in [0.2, 0.25) is 5.43 Å². The number of halogens is 2. The summed E-state index contributed by atoms with van der Waals surface area (Å²) in [5.74, 6) is -2.90. The van der Waals surface area contributed by atoms with Gasteiger partial charge in [0.15, 0.2) is 11.4 Å². The first kappa shape index (κ1) is 22.6. The standard InChI is InChI=1S/C20H23ClFN5O4/c1-25-7-6-24-27-11-13(17(28)18(29)16(27)20(31)26(2)9-8-25)19(30)23-10-12-4-3-5-14(21)15(12)22/h3-5,11,24,29H,6-10H2,1-2H3,(H,23,30). The van der Waals surface area contributed by atoms with Gasteiger partial charge >= 0.3 is 0 Å². The molecule has 1 aliphatic heterocycles. The lowest BCUT2D eigenvalue weighted by atomic mass is 10.1. The fraction of sp³-hybridized carbons (Fsp3) is 0.350. The number of nitrogens with zero attached hydrogens (tertiary/aromatic N) is 3. The Labute approximate surface area is 183 Å². The molecule has 0 atom stereocenters. The normalized spacial score (nSPS) is 15.2. The van der Waals surface area contributed by atoms with Crippen LogP contribution in [0.1, 0.15) is 26.4 Å². The molecular formula is C20H23ClFN5O4. The summed E-state index contributed by atoms with van der Waals surface area (Å²) in [5.41, 5.74) is 1.44. The lowest BCUT2D eigenvalue weighted by Gasteiger charge is -2.27. The van der Waals surface area contributed by atoms with Crippen LogP contribution in [-0.2, 0) is 6.54 Å². The Bertz CT molecular complexity index is 1070. The molecule has 0 bridgehead atoms. The van der Waals surface area contributed by atoms with Crippen LogP contribution < -0.4 is 16.2 Å². The number of aromatic nitrogens is 1. The van der Waals surface area contributed by atoms with Crippen LogP contribution in [-0.4, -0.2) is 71.7 Å². The third-order valence-electron chi connectivity index (χ3n) is 5.04. The summed E-state index contributed by atoms with van der Waals surface area (Å²) in [5, 5.41) is 12.8. The second kappa shape index (κ2) is 9.36. The Morgan fingerprint density at radius 2 is 2.00 bits per heavy atom. The van der Waals surface area contributed by atoms with E-state index in [0.717, 1.165) is 6.20 Å². The molecule has 0 radical (unpaired) electrons. The summed E-state index contributed by atoms with van der Waals surface area (Å²) in [6.45, 7) is 1.83. The minimum Gasteiger partial charge on any atom is -0.502 e. The van der Waals surface area contributed by atoms with E-state index in [1.807, 2.05) is 11.9 Å². The van der Waals surface area contributed by atoms with E-state index in [9.17, 15) is 23.9 Å². The molecule has 2 heterocycles. The van der Waals surface area contributed by atoms with Crippen molar-refractivity contribution in [1.82, 2.24) is 19.8 Å². The van der Waals surface area contributed by atoms with Crippen LogP contribution in [0.2, 0.25) is 5.02 Å². The number of carbonyl (C=O) groups excluding carboxylic acids is 2. The lowest BCUT2D eigenvalue weighted by Crippen LogP contribution is -2.42. The molecule has 0 spiro atoms. The molecule has 3 N–H and O–H groups in total. The highest BCUT2D eigenvalue weighted by Gasteiger charge is 2.27. The topological polar surface area (TPSA) is 107 Å². The van der Waals surface area contributed by atoms with Crippen LogP contribution in [0.15, 0.2) is 29.2 Å². The first-order valence-electron chi connectivity index (χ1n) is 9.58. The van der Waals surface area contributed by atoms with E-state index >= 15 is 0 Å². The van der Waals surface area contributed by atoms with Crippen LogP contribution >= 0.6 is 11.6 Å². The number of likely N-dealkylation sites (N-methyl/N-ethyl adjacent to an activating group) is 2. The van der Waals surface area contributed by atoms with Gasteiger partial charge in [-0.3, -0.25) is 19.1 Å². The Morgan fingerprint density at radius 1 is 1.26 bits per heavy atom. The van der Waals surface area contributed by atoms with Crippen LogP contribution in [0.25, 0.3) is 0 Å². The number of benzene rings is 1. The van der Waals surface area contributed by atoms with Crippen molar-refractivity contribution >= 4 is 23.4 Å². The van der Waals surface area contributed by atoms with E-state index in [0.29, 0.717) is 26.2 Å². The molecule has 2 aromatic rings. The number of rotatable bonds is 3. The van der Waals surface area contributed by atoms with E-state index in [1.54, 1.807) is 7.05 Å². The summed E-state index contributed by atoms with van der Waals surface area (Å²) in [6, 6.07) is 4.36. The highest BCUT2D eigenvalue weighted by atomic mass is 35.5. The van der Waals surface area contributed by atoms with Gasteiger partial charge in [-0.1, -0.05) is 23.7 Å². The number of nitrogens with one attached hydrogen (secondary N) is 2. The molecule has 1 aromatic heterocycles. The maximum absolute atomic E-state index is 14.0. The van der Waals surface area contributed by atoms with Crippen molar-refractivity contribution < 1.29 is 19.1 Å². The smallest absolute Gasteiger partial charge is 0.276 e. The molecule has 0 saturated carbocycles. The molecule has 9 nitrogen and oxygen atoms in total. The monoisotopic (exact) mass is 451 g/mol. The summed E-state index contributed by atoms with van der Waals surface area (Å²) >= 11 is 5.74. The average Bonchev–Trinajstić information content (AvgIpc) is 2.74. The van der Waals surface area contributed by atoms with E-state index in [2.05, 4.69) is 10.7 Å². The molecular weight excluding hydrogens is 429 g/mol. The Morgan fingerprint density at radius 3 is 2.74 bits per heavy atom. The molecule has 2 amide bonds. The number of pyridine rings is 1. The Kier molecular flexibility index (Phi) is 6.81. The van der Waals surface area contributed by atoms with Gasteiger partial charge in [-0.05, 0) is 13.1 Å². The summed E-state index contributed by atoms with van der Waals surface area (Å²) < 4.78 is 15.2. The molecule has 0 aliphatic carbocycles. The van der Waals surface area contributed by atoms with Crippen LogP contribution in [0.4, 0.5) is 4.39 Å². The first-order chi connectivity index (χ1) is 14.7. The van der Waals surface area contributed by atoms with Crippen LogP contribution in [0.3, 0.4) is 0 Å². The fourth-order valence-corrected chi connectivity index (χ4v) is 3.32. The zero-order valence-corrected chi connectivity index (χ0v) is 17.9. The van der Waals surface area contributed by atoms with Gasteiger partial charge in [0, 0.05) is 51.5 Å². The number of hydrogen-bond acceptors (Lipinski definition) is 6. The molecule has 0 unspecified atom stereocenters. The van der Waals surface area contributed by atoms with Gasteiger partial charge in [-0.25, -0.2) is 4.39 Å². The summed E-state index contributed by atoms with van der Waals surface area (Å²) in [6.07, 6.45) is 1.16. The maximum Gasteiger partial charge on any atom is 0.276 e. The summed E-state index contributed by atoms with van der Waals surface area (Å²) in [4.78, 5) is 41.5. The number of carbonyl (C=O) groups is 2. The fourth-order valence-electron chi connectivity index (χ4n) is 3.12. The van der Waals surface area contributed by atoms with E-state index in [4.69, 9.17) is 11.6 Å². The zero-order valence-electron chi connectivity index (χ0n) is 17.1. The maximum atomic E-state index is 14.0. The third kappa shape index (κ3) is 4.80. The van der Waals surface area contributed by atoms with Crippen LogP contribution in [0.5, 0.6) is 5.75 Å². The van der Waals surface area contributed by atoms with E-state index in [1.165, 1.54) is 27.8 Å². The number of hydrogen-bond donors (Lipinski definition) is 3. The molecule has 0 fully saturated rings. The minimum absolute atomic E-state index is 0.0886. The van der Waals surface area contributed by atoms with Crippen molar-refractivity contribution in [2.75, 3.05) is 45.7 Å². The molecule has 11 heteroatoms. The van der Waals surface area contributed by atoms with Gasteiger partial charge in [0.05, 0.1) is 5.02 Å². The van der Waals surface area contributed by atoms with Crippen LogP contribution in [0, 0.1) is 5.82 Å². The predicted molar refractivity (Wildman–Crippen MR) is 114 cm³/mol. The van der Waals surface area contributed by atoms with Crippen molar-refractivity contribution in [2.45, 2.75) is 6.54 Å². The van der Waals surface area contributed by atoms with Gasteiger partial charge in [-0.2, -0.15) is 0 Å². The predicted octanol–water partition coefficient (Wildman–Crippen LogP) is 0.837. The second-order valence-corrected chi connectivity index (χ2v) is 7.68.